The average molecular weight is 568 g/mol. The lowest BCUT2D eigenvalue weighted by Crippen LogP contribution is -2.18. The van der Waals surface area contributed by atoms with Crippen LogP contribution >= 0.6 is 0 Å². The third kappa shape index (κ3) is 3.31. The molecule has 6 aromatic carbocycles. The molecular formula is C42H33NO. The van der Waals surface area contributed by atoms with Crippen LogP contribution in [0.15, 0.2) is 132 Å². The number of hydrogen-bond acceptors (Lipinski definition) is 2. The Kier molecular flexibility index (Phi) is 5.05. The number of rotatable bonds is 3. The molecule has 212 valence electrons. The van der Waals surface area contributed by atoms with Crippen molar-refractivity contribution in [3.05, 3.63) is 150 Å². The fourth-order valence-electron chi connectivity index (χ4n) is 8.10. The summed E-state index contributed by atoms with van der Waals surface area (Å²) in [5.74, 6) is 0. The van der Waals surface area contributed by atoms with Crippen molar-refractivity contribution in [3.63, 3.8) is 0 Å². The summed E-state index contributed by atoms with van der Waals surface area (Å²) in [4.78, 5) is 2.42. The van der Waals surface area contributed by atoms with E-state index in [1.165, 1.54) is 61.0 Å². The van der Waals surface area contributed by atoms with E-state index in [0.717, 1.165) is 22.5 Å². The second-order valence-electron chi connectivity index (χ2n) is 13.4. The number of fused-ring (bicyclic) bond motifs is 10. The number of hydrogen-bond donors (Lipinski definition) is 0. The Hall–Kier alpha value is -5.08. The van der Waals surface area contributed by atoms with E-state index >= 15 is 0 Å². The summed E-state index contributed by atoms with van der Waals surface area (Å²) in [6.45, 7) is 9.43. The Bertz CT molecular complexity index is 2290. The smallest absolute Gasteiger partial charge is 0.135 e. The predicted molar refractivity (Wildman–Crippen MR) is 184 cm³/mol. The molecule has 0 radical (unpaired) electrons. The van der Waals surface area contributed by atoms with Crippen LogP contribution in [0.3, 0.4) is 0 Å². The second-order valence-corrected chi connectivity index (χ2v) is 13.4. The highest BCUT2D eigenvalue weighted by Gasteiger charge is 2.39. The van der Waals surface area contributed by atoms with Gasteiger partial charge in [-0.1, -0.05) is 107 Å². The predicted octanol–water partition coefficient (Wildman–Crippen LogP) is 11.7. The molecule has 1 aromatic heterocycles. The van der Waals surface area contributed by atoms with Crippen molar-refractivity contribution in [3.8, 4) is 22.3 Å². The van der Waals surface area contributed by atoms with Crippen LogP contribution in [0.5, 0.6) is 0 Å². The van der Waals surface area contributed by atoms with Gasteiger partial charge in [0.15, 0.2) is 0 Å². The van der Waals surface area contributed by atoms with Crippen molar-refractivity contribution in [2.45, 2.75) is 38.5 Å². The first-order valence-electron chi connectivity index (χ1n) is 15.5. The van der Waals surface area contributed by atoms with Crippen LogP contribution in [0.25, 0.3) is 44.2 Å². The molecule has 0 spiro atoms. The topological polar surface area (TPSA) is 16.4 Å². The zero-order valence-corrected chi connectivity index (χ0v) is 25.5. The van der Waals surface area contributed by atoms with E-state index in [1.54, 1.807) is 0 Å². The van der Waals surface area contributed by atoms with Gasteiger partial charge >= 0.3 is 0 Å². The van der Waals surface area contributed by atoms with Crippen LogP contribution in [-0.4, -0.2) is 0 Å². The molecule has 2 heteroatoms. The zero-order chi connectivity index (χ0) is 29.8. The van der Waals surface area contributed by atoms with E-state index in [4.69, 9.17) is 4.42 Å². The fraction of sp³-hybridized carbons (Fsp3) is 0.143. The average Bonchev–Trinajstić information content (AvgIpc) is 3.61. The van der Waals surface area contributed by atoms with Crippen molar-refractivity contribution < 1.29 is 4.42 Å². The van der Waals surface area contributed by atoms with Crippen LogP contribution in [0.4, 0.5) is 17.1 Å². The van der Waals surface area contributed by atoms with E-state index in [1.807, 2.05) is 6.07 Å². The number of benzene rings is 6. The summed E-state index contributed by atoms with van der Waals surface area (Å²) in [5, 5.41) is 2.43. The summed E-state index contributed by atoms with van der Waals surface area (Å²) >= 11 is 0. The van der Waals surface area contributed by atoms with Gasteiger partial charge in [0.05, 0.1) is 0 Å². The molecule has 0 atom stereocenters. The molecule has 0 unspecified atom stereocenters. The number of nitrogens with zero attached hydrogens (tertiary/aromatic N) is 1. The Morgan fingerprint density at radius 3 is 1.82 bits per heavy atom. The lowest BCUT2D eigenvalue weighted by molar-refractivity contribution is 0.657. The first kappa shape index (κ1) is 25.4. The van der Waals surface area contributed by atoms with Crippen LogP contribution in [0.1, 0.15) is 49.9 Å². The monoisotopic (exact) mass is 567 g/mol. The molecule has 9 rings (SSSR count). The minimum Gasteiger partial charge on any atom is -0.456 e. The molecule has 2 aliphatic carbocycles. The Morgan fingerprint density at radius 1 is 0.455 bits per heavy atom. The van der Waals surface area contributed by atoms with Gasteiger partial charge in [0.1, 0.15) is 11.2 Å². The molecule has 7 aromatic rings. The molecule has 2 nitrogen and oxygen atoms in total. The first-order valence-corrected chi connectivity index (χ1v) is 15.5. The highest BCUT2D eigenvalue weighted by atomic mass is 16.3. The maximum absolute atomic E-state index is 6.32. The molecule has 0 saturated heterocycles. The summed E-state index contributed by atoms with van der Waals surface area (Å²) < 4.78 is 6.32. The minimum absolute atomic E-state index is 0.0649. The number of anilines is 3. The quantitative estimate of drug-likeness (QED) is 0.211. The second kappa shape index (κ2) is 8.74. The van der Waals surface area contributed by atoms with Crippen molar-refractivity contribution in [2.75, 3.05) is 4.90 Å². The number of para-hydroxylation sites is 2. The van der Waals surface area contributed by atoms with Crippen molar-refractivity contribution in [2.24, 2.45) is 0 Å². The van der Waals surface area contributed by atoms with Gasteiger partial charge in [-0.05, 0) is 93.0 Å². The van der Waals surface area contributed by atoms with Gasteiger partial charge in [0, 0.05) is 38.7 Å². The SMILES string of the molecule is CC1(C)c2ccccc2-c2ccc(N(c3ccccc3)c3ccc4c(c3)C(C)(C)c3c-4ccc4oc5ccccc5c34)cc21. The standard InChI is InChI=1S/C42H33NO/c1-41(2)34-16-10-8-14-29(34)30-20-18-27(24-35(30)41)43(26-12-6-5-7-13-26)28-19-21-31-32-22-23-38-39(33-15-9-11-17-37(33)44-38)40(32)42(3,4)36(31)25-28/h5-25H,1-4H3. The Morgan fingerprint density at radius 2 is 1.05 bits per heavy atom. The molecule has 0 saturated carbocycles. The lowest BCUT2D eigenvalue weighted by Gasteiger charge is -2.29. The number of furan rings is 1. The lowest BCUT2D eigenvalue weighted by atomic mass is 9.80. The van der Waals surface area contributed by atoms with Gasteiger partial charge in [-0.25, -0.2) is 0 Å². The molecule has 0 N–H and O–H groups in total. The normalized spacial score (nSPS) is 15.2. The van der Waals surface area contributed by atoms with E-state index in [0.29, 0.717) is 0 Å². The van der Waals surface area contributed by atoms with Gasteiger partial charge < -0.3 is 9.32 Å². The first-order chi connectivity index (χ1) is 21.3. The summed E-state index contributed by atoms with van der Waals surface area (Å²) in [6, 6.07) is 46.5. The minimum atomic E-state index is -0.198. The van der Waals surface area contributed by atoms with Gasteiger partial charge in [-0.15, -0.1) is 0 Å². The molecular weight excluding hydrogens is 534 g/mol. The van der Waals surface area contributed by atoms with Gasteiger partial charge in [0.25, 0.3) is 0 Å². The summed E-state index contributed by atoms with van der Waals surface area (Å²) in [5.41, 5.74) is 15.9. The van der Waals surface area contributed by atoms with E-state index in [9.17, 15) is 0 Å². The van der Waals surface area contributed by atoms with E-state index in [2.05, 4.69) is 154 Å². The molecule has 44 heavy (non-hydrogen) atoms. The third-order valence-corrected chi connectivity index (χ3v) is 10.2. The zero-order valence-electron chi connectivity index (χ0n) is 25.5. The maximum Gasteiger partial charge on any atom is 0.135 e. The molecule has 0 amide bonds. The highest BCUT2D eigenvalue weighted by molar-refractivity contribution is 6.11. The van der Waals surface area contributed by atoms with Gasteiger partial charge in [-0.2, -0.15) is 0 Å². The Balaban J connectivity index is 1.23. The van der Waals surface area contributed by atoms with Crippen LogP contribution in [0.2, 0.25) is 0 Å². The van der Waals surface area contributed by atoms with Crippen molar-refractivity contribution in [1.29, 1.82) is 0 Å². The molecule has 2 aliphatic rings. The molecule has 0 bridgehead atoms. The van der Waals surface area contributed by atoms with E-state index in [-0.39, 0.29) is 10.8 Å². The van der Waals surface area contributed by atoms with Crippen molar-refractivity contribution in [1.82, 2.24) is 0 Å². The van der Waals surface area contributed by atoms with Crippen molar-refractivity contribution >= 4 is 39.0 Å². The Labute approximate surface area is 258 Å². The highest BCUT2D eigenvalue weighted by Crippen LogP contribution is 2.55. The maximum atomic E-state index is 6.32. The third-order valence-electron chi connectivity index (χ3n) is 10.2. The summed E-state index contributed by atoms with van der Waals surface area (Å²) in [6.07, 6.45) is 0. The van der Waals surface area contributed by atoms with Gasteiger partial charge in [0.2, 0.25) is 0 Å². The molecule has 1 heterocycles. The van der Waals surface area contributed by atoms with E-state index < -0.39 is 0 Å². The molecule has 0 fully saturated rings. The van der Waals surface area contributed by atoms with Crippen LogP contribution < -0.4 is 4.90 Å². The molecule has 0 aliphatic heterocycles. The fourth-order valence-corrected chi connectivity index (χ4v) is 8.10. The largest absolute Gasteiger partial charge is 0.456 e. The van der Waals surface area contributed by atoms with Crippen LogP contribution in [0, 0.1) is 0 Å². The van der Waals surface area contributed by atoms with Gasteiger partial charge in [-0.3, -0.25) is 0 Å². The van der Waals surface area contributed by atoms with Crippen LogP contribution in [-0.2, 0) is 10.8 Å². The summed E-state index contributed by atoms with van der Waals surface area (Å²) in [7, 11) is 0.